The number of hydrogen-bond acceptors (Lipinski definition) is 6. The summed E-state index contributed by atoms with van der Waals surface area (Å²) in [7, 11) is 0. The average molecular weight is 956 g/mol. The molecule has 0 aromatic carbocycles. The van der Waals surface area contributed by atoms with E-state index in [-0.39, 0.29) is 31.1 Å². The standard InChI is InChI=1S/C62H114O6/c1-4-7-10-13-16-19-22-25-28-30-32-34-37-40-43-46-49-52-55-61(64)67-58-59(57-66-60(63)54-51-48-45-42-39-36-33-27-24-21-18-15-12-9-6-3)68-62(65)56-53-50-47-44-41-38-35-31-29-26-23-20-17-14-11-8-5-2/h18,21,26-27,29,33,59H,4-17,19-20,22-25,28,30-32,34-58H2,1-3H3/b21-18+,29-26+,33-27+/t59-/m1/s1. The normalized spacial score (nSPS) is 12.2. The van der Waals surface area contributed by atoms with Crippen LogP contribution in [0.4, 0.5) is 0 Å². The molecule has 0 heterocycles. The topological polar surface area (TPSA) is 78.9 Å². The van der Waals surface area contributed by atoms with Crippen LogP contribution in [0.1, 0.15) is 323 Å². The summed E-state index contributed by atoms with van der Waals surface area (Å²) in [6.07, 6.45) is 68.5. The van der Waals surface area contributed by atoms with Gasteiger partial charge in [0.1, 0.15) is 13.2 Å². The molecule has 0 aliphatic heterocycles. The largest absolute Gasteiger partial charge is 0.462 e. The predicted molar refractivity (Wildman–Crippen MR) is 293 cm³/mol. The van der Waals surface area contributed by atoms with Gasteiger partial charge in [0, 0.05) is 19.3 Å². The highest BCUT2D eigenvalue weighted by Gasteiger charge is 2.19. The zero-order valence-corrected chi connectivity index (χ0v) is 45.6. The second-order valence-electron chi connectivity index (χ2n) is 20.3. The average Bonchev–Trinajstić information content (AvgIpc) is 3.34. The molecule has 0 spiro atoms. The van der Waals surface area contributed by atoms with E-state index in [1.165, 1.54) is 205 Å². The Morgan fingerprint density at radius 1 is 0.294 bits per heavy atom. The Bertz CT molecular complexity index is 1140. The molecule has 0 aromatic heterocycles. The molecule has 1 atom stereocenters. The highest BCUT2D eigenvalue weighted by Crippen LogP contribution is 2.17. The van der Waals surface area contributed by atoms with Gasteiger partial charge < -0.3 is 14.2 Å². The molecule has 0 rings (SSSR count). The number of unbranched alkanes of at least 4 members (excludes halogenated alkanes) is 38. The van der Waals surface area contributed by atoms with E-state index in [0.29, 0.717) is 19.3 Å². The predicted octanol–water partition coefficient (Wildman–Crippen LogP) is 20.0. The summed E-state index contributed by atoms with van der Waals surface area (Å²) in [5.74, 6) is -0.874. The molecule has 0 amide bonds. The van der Waals surface area contributed by atoms with E-state index in [1.54, 1.807) is 0 Å². The van der Waals surface area contributed by atoms with Crippen molar-refractivity contribution in [1.82, 2.24) is 0 Å². The maximum Gasteiger partial charge on any atom is 0.306 e. The van der Waals surface area contributed by atoms with Crippen molar-refractivity contribution >= 4 is 17.9 Å². The van der Waals surface area contributed by atoms with Gasteiger partial charge in [-0.1, -0.05) is 263 Å². The smallest absolute Gasteiger partial charge is 0.306 e. The molecular weight excluding hydrogens is 841 g/mol. The van der Waals surface area contributed by atoms with Crippen molar-refractivity contribution in [2.24, 2.45) is 0 Å². The van der Waals surface area contributed by atoms with Crippen LogP contribution >= 0.6 is 0 Å². The third-order valence-electron chi connectivity index (χ3n) is 13.4. The van der Waals surface area contributed by atoms with Gasteiger partial charge in [-0.2, -0.15) is 0 Å². The molecule has 398 valence electrons. The molecule has 0 aliphatic rings. The lowest BCUT2D eigenvalue weighted by atomic mass is 10.0. The summed E-state index contributed by atoms with van der Waals surface area (Å²) in [6, 6.07) is 0. The van der Waals surface area contributed by atoms with Crippen LogP contribution in [-0.4, -0.2) is 37.2 Å². The molecular formula is C62H114O6. The summed E-state index contributed by atoms with van der Waals surface area (Å²) < 4.78 is 16.9. The zero-order valence-electron chi connectivity index (χ0n) is 45.6. The van der Waals surface area contributed by atoms with Gasteiger partial charge >= 0.3 is 17.9 Å². The van der Waals surface area contributed by atoms with Crippen LogP contribution in [0.5, 0.6) is 0 Å². The first-order valence-electron chi connectivity index (χ1n) is 30.0. The second-order valence-corrected chi connectivity index (χ2v) is 20.3. The molecule has 6 nitrogen and oxygen atoms in total. The Labute approximate surface area is 423 Å². The van der Waals surface area contributed by atoms with Gasteiger partial charge in [-0.3, -0.25) is 14.4 Å². The third-order valence-corrected chi connectivity index (χ3v) is 13.4. The van der Waals surface area contributed by atoms with E-state index in [2.05, 4.69) is 57.2 Å². The summed E-state index contributed by atoms with van der Waals surface area (Å²) in [6.45, 7) is 6.64. The molecule has 0 aliphatic carbocycles. The molecule has 0 saturated heterocycles. The van der Waals surface area contributed by atoms with Crippen LogP contribution in [0.2, 0.25) is 0 Å². The fourth-order valence-electron chi connectivity index (χ4n) is 8.82. The molecule has 68 heavy (non-hydrogen) atoms. The monoisotopic (exact) mass is 955 g/mol. The van der Waals surface area contributed by atoms with Crippen LogP contribution < -0.4 is 0 Å². The summed E-state index contributed by atoms with van der Waals surface area (Å²) in [5, 5.41) is 0. The van der Waals surface area contributed by atoms with E-state index in [1.807, 2.05) is 0 Å². The number of esters is 3. The van der Waals surface area contributed by atoms with Crippen LogP contribution in [0.15, 0.2) is 36.5 Å². The summed E-state index contributed by atoms with van der Waals surface area (Å²) >= 11 is 0. The van der Waals surface area contributed by atoms with Crippen LogP contribution in [0, 0.1) is 0 Å². The maximum atomic E-state index is 12.9. The first kappa shape index (κ1) is 65.6. The highest BCUT2D eigenvalue weighted by atomic mass is 16.6. The van der Waals surface area contributed by atoms with Crippen molar-refractivity contribution in [2.45, 2.75) is 329 Å². The Morgan fingerprint density at radius 2 is 0.529 bits per heavy atom. The van der Waals surface area contributed by atoms with Crippen molar-refractivity contribution in [3.63, 3.8) is 0 Å². The van der Waals surface area contributed by atoms with E-state index in [9.17, 15) is 14.4 Å². The second kappa shape index (κ2) is 57.2. The number of ether oxygens (including phenoxy) is 3. The van der Waals surface area contributed by atoms with Gasteiger partial charge in [0.2, 0.25) is 0 Å². The fourth-order valence-corrected chi connectivity index (χ4v) is 8.82. The van der Waals surface area contributed by atoms with Gasteiger partial charge in [0.05, 0.1) is 0 Å². The first-order chi connectivity index (χ1) is 33.5. The van der Waals surface area contributed by atoms with Crippen molar-refractivity contribution in [3.05, 3.63) is 36.5 Å². The third kappa shape index (κ3) is 54.6. The molecule has 0 unspecified atom stereocenters. The Morgan fingerprint density at radius 3 is 0.853 bits per heavy atom. The van der Waals surface area contributed by atoms with Gasteiger partial charge in [0.25, 0.3) is 0 Å². The molecule has 6 heteroatoms. The molecule has 0 bridgehead atoms. The van der Waals surface area contributed by atoms with Gasteiger partial charge in [-0.25, -0.2) is 0 Å². The Kier molecular flexibility index (Phi) is 55.2. The van der Waals surface area contributed by atoms with E-state index >= 15 is 0 Å². The lowest BCUT2D eigenvalue weighted by Crippen LogP contribution is -2.30. The summed E-state index contributed by atoms with van der Waals surface area (Å²) in [4.78, 5) is 38.2. The lowest BCUT2D eigenvalue weighted by molar-refractivity contribution is -0.167. The van der Waals surface area contributed by atoms with Crippen molar-refractivity contribution in [2.75, 3.05) is 13.2 Å². The van der Waals surface area contributed by atoms with Crippen molar-refractivity contribution in [3.8, 4) is 0 Å². The first-order valence-corrected chi connectivity index (χ1v) is 30.0. The molecule has 0 fully saturated rings. The molecule has 0 aromatic rings. The molecule has 0 saturated carbocycles. The highest BCUT2D eigenvalue weighted by molar-refractivity contribution is 5.71. The van der Waals surface area contributed by atoms with Crippen molar-refractivity contribution in [1.29, 1.82) is 0 Å². The quantitative estimate of drug-likeness (QED) is 0.0262. The number of carbonyl (C=O) groups excluding carboxylic acids is 3. The van der Waals surface area contributed by atoms with Gasteiger partial charge in [0.15, 0.2) is 6.10 Å². The SMILES string of the molecule is CCCCC/C=C/C/C=C/CCCCCCCC(=O)OC[C@H](COC(=O)CCCCCCCCCCCCCCCCCCCC)OC(=O)CCCCCCCCC/C=C/CCCCCCCC. The number of rotatable bonds is 55. The number of allylic oxidation sites excluding steroid dienone is 6. The minimum atomic E-state index is -0.778. The summed E-state index contributed by atoms with van der Waals surface area (Å²) in [5.41, 5.74) is 0. The van der Waals surface area contributed by atoms with Crippen LogP contribution in [0.25, 0.3) is 0 Å². The minimum absolute atomic E-state index is 0.0746. The Balaban J connectivity index is 4.35. The molecule has 0 N–H and O–H groups in total. The number of hydrogen-bond donors (Lipinski definition) is 0. The molecule has 0 radical (unpaired) electrons. The van der Waals surface area contributed by atoms with E-state index in [4.69, 9.17) is 14.2 Å². The van der Waals surface area contributed by atoms with E-state index < -0.39 is 6.10 Å². The van der Waals surface area contributed by atoms with Crippen LogP contribution in [-0.2, 0) is 28.6 Å². The van der Waals surface area contributed by atoms with Crippen molar-refractivity contribution < 1.29 is 28.6 Å². The van der Waals surface area contributed by atoms with Crippen LogP contribution in [0.3, 0.4) is 0 Å². The van der Waals surface area contributed by atoms with Gasteiger partial charge in [-0.15, -0.1) is 0 Å². The minimum Gasteiger partial charge on any atom is -0.462 e. The fraction of sp³-hybridized carbons (Fsp3) is 0.855. The number of carbonyl (C=O) groups is 3. The van der Waals surface area contributed by atoms with E-state index in [0.717, 1.165) is 77.0 Å². The maximum absolute atomic E-state index is 12.9. The van der Waals surface area contributed by atoms with Gasteiger partial charge in [-0.05, 0) is 77.0 Å². The lowest BCUT2D eigenvalue weighted by Gasteiger charge is -2.18. The Hall–Kier alpha value is -2.37. The zero-order chi connectivity index (χ0) is 49.3.